The van der Waals surface area contributed by atoms with Gasteiger partial charge in [-0.15, -0.1) is 0 Å². The van der Waals surface area contributed by atoms with Crippen molar-refractivity contribution in [3.05, 3.63) is 0 Å². The van der Waals surface area contributed by atoms with Gasteiger partial charge in [-0.3, -0.25) is 4.79 Å². The number of nitrogens with zero attached hydrogens (tertiary/aromatic N) is 1. The monoisotopic (exact) mass is 264 g/mol. The number of likely N-dealkylation sites (tertiary alicyclic amines) is 1. The average molecular weight is 264 g/mol. The van der Waals surface area contributed by atoms with Crippen LogP contribution in [0.4, 0.5) is 0 Å². The van der Waals surface area contributed by atoms with Crippen LogP contribution in [0, 0.1) is 23.2 Å². The van der Waals surface area contributed by atoms with E-state index in [-0.39, 0.29) is 17.4 Å². The molecule has 2 N–H and O–H groups in total. The molecule has 2 aliphatic carbocycles. The molecule has 1 spiro atoms. The molecular formula is C15H24N2O2. The first-order valence-corrected chi connectivity index (χ1v) is 7.81. The Bertz CT molecular complexity index is 390. The molecule has 106 valence electrons. The summed E-state index contributed by atoms with van der Waals surface area (Å²) in [6.07, 6.45) is 5.90. The van der Waals surface area contributed by atoms with Gasteiger partial charge in [-0.05, 0) is 43.9 Å². The van der Waals surface area contributed by atoms with E-state index >= 15 is 0 Å². The Morgan fingerprint density at radius 3 is 2.79 bits per heavy atom. The zero-order valence-electron chi connectivity index (χ0n) is 11.5. The van der Waals surface area contributed by atoms with Gasteiger partial charge in [0.25, 0.3) is 0 Å². The lowest BCUT2D eigenvalue weighted by molar-refractivity contribution is -0.137. The summed E-state index contributed by atoms with van der Waals surface area (Å²) in [5, 5.41) is 0. The standard InChI is InChI=1S/C15H24N2O2/c16-13-11-2-1-10(7-11)12(13)14(18)17-5-3-15(8-17)4-6-19-9-15/h10-13H,1-9,16H2. The predicted octanol–water partition coefficient (Wildman–Crippen LogP) is 0.999. The number of nitrogens with two attached hydrogens (primary N) is 1. The fourth-order valence-electron chi connectivity index (χ4n) is 5.01. The zero-order chi connectivity index (χ0) is 13.0. The largest absolute Gasteiger partial charge is 0.381 e. The van der Waals surface area contributed by atoms with Crippen LogP contribution < -0.4 is 5.73 Å². The quantitative estimate of drug-likeness (QED) is 0.768. The molecule has 4 rings (SSSR count). The Morgan fingerprint density at radius 2 is 2.11 bits per heavy atom. The van der Waals surface area contributed by atoms with Gasteiger partial charge >= 0.3 is 0 Å². The predicted molar refractivity (Wildman–Crippen MR) is 71.4 cm³/mol. The number of ether oxygens (including phenoxy) is 1. The maximum Gasteiger partial charge on any atom is 0.227 e. The molecule has 5 unspecified atom stereocenters. The highest BCUT2D eigenvalue weighted by molar-refractivity contribution is 5.81. The molecular weight excluding hydrogens is 240 g/mol. The Kier molecular flexibility index (Phi) is 2.68. The lowest BCUT2D eigenvalue weighted by Gasteiger charge is -2.31. The van der Waals surface area contributed by atoms with Crippen molar-refractivity contribution in [2.75, 3.05) is 26.3 Å². The van der Waals surface area contributed by atoms with Crippen LogP contribution in [0.1, 0.15) is 32.1 Å². The van der Waals surface area contributed by atoms with E-state index < -0.39 is 0 Å². The molecule has 0 aromatic rings. The van der Waals surface area contributed by atoms with Crippen molar-refractivity contribution in [3.8, 4) is 0 Å². The maximum atomic E-state index is 12.8. The minimum absolute atomic E-state index is 0.122. The van der Waals surface area contributed by atoms with Gasteiger partial charge in [0.1, 0.15) is 0 Å². The van der Waals surface area contributed by atoms with E-state index in [1.807, 2.05) is 0 Å². The highest BCUT2D eigenvalue weighted by Gasteiger charge is 2.52. The molecule has 0 radical (unpaired) electrons. The number of hydrogen-bond donors (Lipinski definition) is 1. The molecule has 2 bridgehead atoms. The van der Waals surface area contributed by atoms with Gasteiger partial charge in [0, 0.05) is 31.2 Å². The number of carbonyl (C=O) groups is 1. The van der Waals surface area contributed by atoms with Crippen LogP contribution in [0.5, 0.6) is 0 Å². The molecule has 1 amide bonds. The summed E-state index contributed by atoms with van der Waals surface area (Å²) in [5.41, 5.74) is 6.58. The van der Waals surface area contributed by atoms with E-state index in [1.165, 1.54) is 19.3 Å². The summed E-state index contributed by atoms with van der Waals surface area (Å²) < 4.78 is 5.54. The molecule has 4 fully saturated rings. The number of hydrogen-bond acceptors (Lipinski definition) is 3. The summed E-state index contributed by atoms with van der Waals surface area (Å²) in [7, 11) is 0. The van der Waals surface area contributed by atoms with Crippen molar-refractivity contribution in [3.63, 3.8) is 0 Å². The van der Waals surface area contributed by atoms with Crippen LogP contribution in [0.15, 0.2) is 0 Å². The van der Waals surface area contributed by atoms with Gasteiger partial charge in [-0.1, -0.05) is 0 Å². The van der Waals surface area contributed by atoms with Gasteiger partial charge in [0.15, 0.2) is 0 Å². The molecule has 19 heavy (non-hydrogen) atoms. The van der Waals surface area contributed by atoms with Crippen LogP contribution in [-0.2, 0) is 9.53 Å². The third kappa shape index (κ3) is 1.76. The molecule has 4 aliphatic rings. The second kappa shape index (κ2) is 4.19. The van der Waals surface area contributed by atoms with Gasteiger partial charge in [-0.2, -0.15) is 0 Å². The number of amides is 1. The normalized spacial score (nSPS) is 48.6. The molecule has 0 aromatic heterocycles. The fraction of sp³-hybridized carbons (Fsp3) is 0.933. The van der Waals surface area contributed by atoms with Crippen molar-refractivity contribution in [1.82, 2.24) is 4.90 Å². The number of rotatable bonds is 1. The Balaban J connectivity index is 1.47. The smallest absolute Gasteiger partial charge is 0.227 e. The lowest BCUT2D eigenvalue weighted by Crippen LogP contribution is -2.47. The topological polar surface area (TPSA) is 55.6 Å². The molecule has 2 saturated heterocycles. The Morgan fingerprint density at radius 1 is 1.26 bits per heavy atom. The van der Waals surface area contributed by atoms with E-state index in [1.54, 1.807) is 0 Å². The summed E-state index contributed by atoms with van der Waals surface area (Å²) in [5.74, 6) is 1.66. The summed E-state index contributed by atoms with van der Waals surface area (Å²) in [4.78, 5) is 14.9. The van der Waals surface area contributed by atoms with Gasteiger partial charge in [0.05, 0.1) is 12.5 Å². The first-order chi connectivity index (χ1) is 9.19. The zero-order valence-corrected chi connectivity index (χ0v) is 11.5. The second-order valence-electron chi connectivity index (χ2n) is 7.25. The molecule has 2 saturated carbocycles. The first-order valence-electron chi connectivity index (χ1n) is 7.81. The maximum absolute atomic E-state index is 12.8. The number of carbonyl (C=O) groups excluding carboxylic acids is 1. The lowest BCUT2D eigenvalue weighted by atomic mass is 9.83. The van der Waals surface area contributed by atoms with E-state index in [4.69, 9.17) is 10.5 Å². The van der Waals surface area contributed by atoms with Crippen molar-refractivity contribution in [2.24, 2.45) is 28.9 Å². The van der Waals surface area contributed by atoms with Crippen LogP contribution in [0.2, 0.25) is 0 Å². The van der Waals surface area contributed by atoms with Gasteiger partial charge in [-0.25, -0.2) is 0 Å². The Labute approximate surface area is 114 Å². The Hall–Kier alpha value is -0.610. The minimum Gasteiger partial charge on any atom is -0.381 e. The molecule has 2 aliphatic heterocycles. The molecule has 2 heterocycles. The van der Waals surface area contributed by atoms with Gasteiger partial charge in [0.2, 0.25) is 5.91 Å². The average Bonchev–Trinajstić information content (AvgIpc) is 3.15. The van der Waals surface area contributed by atoms with E-state index in [9.17, 15) is 4.79 Å². The minimum atomic E-state index is 0.122. The van der Waals surface area contributed by atoms with Gasteiger partial charge < -0.3 is 15.4 Å². The highest BCUT2D eigenvalue weighted by atomic mass is 16.5. The van der Waals surface area contributed by atoms with Crippen LogP contribution in [0.25, 0.3) is 0 Å². The molecule has 4 nitrogen and oxygen atoms in total. The van der Waals surface area contributed by atoms with Crippen LogP contribution in [0.3, 0.4) is 0 Å². The van der Waals surface area contributed by atoms with E-state index in [2.05, 4.69) is 4.90 Å². The summed E-state index contributed by atoms with van der Waals surface area (Å²) in [6.45, 7) is 3.55. The SMILES string of the molecule is NC1C2CCC(C2)C1C(=O)N1CCC2(CCOC2)C1. The van der Waals surface area contributed by atoms with Crippen LogP contribution in [-0.4, -0.2) is 43.2 Å². The van der Waals surface area contributed by atoms with Crippen molar-refractivity contribution in [1.29, 1.82) is 0 Å². The third-order valence-electron chi connectivity index (χ3n) is 6.20. The second-order valence-corrected chi connectivity index (χ2v) is 7.25. The summed E-state index contributed by atoms with van der Waals surface area (Å²) in [6, 6.07) is 0.127. The number of fused-ring (bicyclic) bond motifs is 2. The first kappa shape index (κ1) is 12.2. The van der Waals surface area contributed by atoms with Crippen molar-refractivity contribution in [2.45, 2.75) is 38.1 Å². The van der Waals surface area contributed by atoms with E-state index in [0.29, 0.717) is 17.7 Å². The molecule has 4 heteroatoms. The molecule has 0 aromatic carbocycles. The fourth-order valence-corrected chi connectivity index (χ4v) is 5.01. The third-order valence-corrected chi connectivity index (χ3v) is 6.20. The summed E-state index contributed by atoms with van der Waals surface area (Å²) >= 11 is 0. The molecule has 5 atom stereocenters. The van der Waals surface area contributed by atoms with E-state index in [0.717, 1.165) is 39.1 Å². The van der Waals surface area contributed by atoms with Crippen molar-refractivity contribution >= 4 is 5.91 Å². The highest BCUT2D eigenvalue weighted by Crippen LogP contribution is 2.49. The van der Waals surface area contributed by atoms with Crippen LogP contribution >= 0.6 is 0 Å². The van der Waals surface area contributed by atoms with Crippen molar-refractivity contribution < 1.29 is 9.53 Å².